The van der Waals surface area contributed by atoms with Gasteiger partial charge in [0.25, 0.3) is 0 Å². The predicted octanol–water partition coefficient (Wildman–Crippen LogP) is 4.70. The molecule has 20 heavy (non-hydrogen) atoms. The molecule has 0 saturated heterocycles. The minimum atomic E-state index is -0.0658. The number of ether oxygens (including phenoxy) is 1. The van der Waals surface area contributed by atoms with Gasteiger partial charge in [-0.2, -0.15) is 0 Å². The van der Waals surface area contributed by atoms with Crippen LogP contribution in [0.5, 0.6) is 5.75 Å². The normalized spacial score (nSPS) is 12.2. The zero-order chi connectivity index (χ0) is 14.5. The van der Waals surface area contributed by atoms with Crippen LogP contribution in [0.3, 0.4) is 0 Å². The minimum Gasteiger partial charge on any atom is -0.494 e. The second kappa shape index (κ2) is 6.98. The van der Waals surface area contributed by atoms with Gasteiger partial charge >= 0.3 is 0 Å². The lowest BCUT2D eigenvalue weighted by atomic mass is 9.98. The van der Waals surface area contributed by atoms with Crippen LogP contribution in [0, 0.1) is 0 Å². The van der Waals surface area contributed by atoms with Gasteiger partial charge in [-0.1, -0.05) is 41.4 Å². The molecule has 0 saturated carbocycles. The fourth-order valence-corrected chi connectivity index (χ4v) is 2.63. The predicted molar refractivity (Wildman–Crippen MR) is 85.0 cm³/mol. The van der Waals surface area contributed by atoms with Crippen LogP contribution in [0.25, 0.3) is 0 Å². The summed E-state index contributed by atoms with van der Waals surface area (Å²) in [5.74, 6) is 0.852. The van der Waals surface area contributed by atoms with Crippen molar-refractivity contribution < 1.29 is 4.74 Å². The Hall–Kier alpha value is -1.22. The summed E-state index contributed by atoms with van der Waals surface area (Å²) in [6.07, 6.45) is 0. The van der Waals surface area contributed by atoms with E-state index in [0.717, 1.165) is 16.9 Å². The minimum absolute atomic E-state index is 0.0658. The van der Waals surface area contributed by atoms with E-state index in [2.05, 4.69) is 5.32 Å². The number of hydrogen-bond acceptors (Lipinski definition) is 2. The first kappa shape index (κ1) is 15.2. The number of benzene rings is 2. The van der Waals surface area contributed by atoms with Gasteiger partial charge in [0.2, 0.25) is 0 Å². The molecule has 2 aromatic carbocycles. The first-order valence-electron chi connectivity index (χ1n) is 6.51. The average Bonchev–Trinajstić information content (AvgIpc) is 2.45. The van der Waals surface area contributed by atoms with Crippen molar-refractivity contribution in [3.63, 3.8) is 0 Å². The van der Waals surface area contributed by atoms with Gasteiger partial charge < -0.3 is 10.1 Å². The summed E-state index contributed by atoms with van der Waals surface area (Å²) in [7, 11) is 1.89. The Kier molecular flexibility index (Phi) is 5.30. The molecule has 1 N–H and O–H groups in total. The van der Waals surface area contributed by atoms with Crippen molar-refractivity contribution >= 4 is 23.2 Å². The zero-order valence-corrected chi connectivity index (χ0v) is 13.0. The SMILES string of the molecule is CCOc1ccccc1C(NC)c1cc(Cl)ccc1Cl. The van der Waals surface area contributed by atoms with E-state index < -0.39 is 0 Å². The van der Waals surface area contributed by atoms with Crippen molar-refractivity contribution in [2.24, 2.45) is 0 Å². The molecule has 4 heteroatoms. The van der Waals surface area contributed by atoms with E-state index in [1.807, 2.05) is 50.4 Å². The monoisotopic (exact) mass is 309 g/mol. The number of halogens is 2. The molecule has 0 spiro atoms. The molecule has 0 aliphatic heterocycles. The number of rotatable bonds is 5. The number of para-hydroxylation sites is 1. The Morgan fingerprint density at radius 1 is 1.10 bits per heavy atom. The average molecular weight is 310 g/mol. The molecule has 0 aliphatic carbocycles. The molecule has 2 nitrogen and oxygen atoms in total. The summed E-state index contributed by atoms with van der Waals surface area (Å²) in [6, 6.07) is 13.4. The van der Waals surface area contributed by atoms with Crippen LogP contribution >= 0.6 is 23.2 Å². The topological polar surface area (TPSA) is 21.3 Å². The molecule has 0 heterocycles. The van der Waals surface area contributed by atoms with Crippen molar-refractivity contribution in [3.05, 3.63) is 63.6 Å². The highest BCUT2D eigenvalue weighted by molar-refractivity contribution is 6.33. The number of hydrogen-bond donors (Lipinski definition) is 1. The smallest absolute Gasteiger partial charge is 0.124 e. The molecular weight excluding hydrogens is 293 g/mol. The summed E-state index contributed by atoms with van der Waals surface area (Å²) < 4.78 is 5.70. The second-order valence-electron chi connectivity index (χ2n) is 4.36. The molecule has 0 radical (unpaired) electrons. The number of nitrogens with one attached hydrogen (secondary N) is 1. The van der Waals surface area contributed by atoms with Gasteiger partial charge in [-0.05, 0) is 43.8 Å². The third-order valence-electron chi connectivity index (χ3n) is 3.09. The summed E-state index contributed by atoms with van der Waals surface area (Å²) in [6.45, 7) is 2.59. The fraction of sp³-hybridized carbons (Fsp3) is 0.250. The lowest BCUT2D eigenvalue weighted by molar-refractivity contribution is 0.334. The molecule has 2 rings (SSSR count). The standard InChI is InChI=1S/C16H17Cl2NO/c1-3-20-15-7-5-4-6-12(15)16(19-2)13-10-11(17)8-9-14(13)18/h4-10,16,19H,3H2,1-2H3. The van der Waals surface area contributed by atoms with Gasteiger partial charge in [0.15, 0.2) is 0 Å². The van der Waals surface area contributed by atoms with Crippen LogP contribution in [0.4, 0.5) is 0 Å². The Morgan fingerprint density at radius 2 is 1.85 bits per heavy atom. The Labute approximate surface area is 129 Å². The van der Waals surface area contributed by atoms with Gasteiger partial charge in [0.1, 0.15) is 5.75 Å². The van der Waals surface area contributed by atoms with Gasteiger partial charge in [0, 0.05) is 15.6 Å². The highest BCUT2D eigenvalue weighted by atomic mass is 35.5. The van der Waals surface area contributed by atoms with Crippen molar-refractivity contribution in [1.82, 2.24) is 5.32 Å². The van der Waals surface area contributed by atoms with E-state index in [4.69, 9.17) is 27.9 Å². The van der Waals surface area contributed by atoms with Crippen LogP contribution in [-0.4, -0.2) is 13.7 Å². The van der Waals surface area contributed by atoms with E-state index in [0.29, 0.717) is 16.7 Å². The third-order valence-corrected chi connectivity index (χ3v) is 3.67. The Morgan fingerprint density at radius 3 is 2.55 bits per heavy atom. The molecule has 0 fully saturated rings. The molecule has 2 aromatic rings. The molecule has 0 amide bonds. The molecule has 1 unspecified atom stereocenters. The molecule has 1 atom stereocenters. The summed E-state index contributed by atoms with van der Waals surface area (Å²) in [5.41, 5.74) is 1.98. The molecule has 0 aliphatic rings. The van der Waals surface area contributed by atoms with Crippen molar-refractivity contribution in [2.75, 3.05) is 13.7 Å². The highest BCUT2D eigenvalue weighted by Gasteiger charge is 2.19. The highest BCUT2D eigenvalue weighted by Crippen LogP contribution is 2.34. The van der Waals surface area contributed by atoms with E-state index in [-0.39, 0.29) is 6.04 Å². The van der Waals surface area contributed by atoms with Crippen molar-refractivity contribution in [1.29, 1.82) is 0 Å². The fourth-order valence-electron chi connectivity index (χ4n) is 2.22. The molecule has 106 valence electrons. The summed E-state index contributed by atoms with van der Waals surface area (Å²) >= 11 is 12.4. The van der Waals surface area contributed by atoms with E-state index in [1.165, 1.54) is 0 Å². The quantitative estimate of drug-likeness (QED) is 0.864. The van der Waals surface area contributed by atoms with Crippen molar-refractivity contribution in [3.8, 4) is 5.75 Å². The Balaban J connectivity index is 2.49. The molecule has 0 bridgehead atoms. The van der Waals surface area contributed by atoms with Gasteiger partial charge in [-0.3, -0.25) is 0 Å². The first-order valence-corrected chi connectivity index (χ1v) is 7.27. The van der Waals surface area contributed by atoms with Gasteiger partial charge in [-0.15, -0.1) is 0 Å². The van der Waals surface area contributed by atoms with Crippen LogP contribution in [-0.2, 0) is 0 Å². The van der Waals surface area contributed by atoms with E-state index in [1.54, 1.807) is 6.07 Å². The first-order chi connectivity index (χ1) is 9.67. The molecule has 0 aromatic heterocycles. The van der Waals surface area contributed by atoms with Crippen LogP contribution in [0.15, 0.2) is 42.5 Å². The summed E-state index contributed by atoms with van der Waals surface area (Å²) in [4.78, 5) is 0. The maximum Gasteiger partial charge on any atom is 0.124 e. The van der Waals surface area contributed by atoms with Crippen LogP contribution in [0.1, 0.15) is 24.1 Å². The third kappa shape index (κ3) is 3.26. The lowest BCUT2D eigenvalue weighted by Crippen LogP contribution is -2.19. The maximum atomic E-state index is 6.31. The summed E-state index contributed by atoms with van der Waals surface area (Å²) in [5, 5.41) is 4.62. The van der Waals surface area contributed by atoms with E-state index >= 15 is 0 Å². The lowest BCUT2D eigenvalue weighted by Gasteiger charge is -2.21. The van der Waals surface area contributed by atoms with Crippen molar-refractivity contribution in [2.45, 2.75) is 13.0 Å². The Bertz CT molecular complexity index is 586. The van der Waals surface area contributed by atoms with Gasteiger partial charge in [-0.25, -0.2) is 0 Å². The van der Waals surface area contributed by atoms with Gasteiger partial charge in [0.05, 0.1) is 12.6 Å². The maximum absolute atomic E-state index is 6.31. The van der Waals surface area contributed by atoms with Crippen LogP contribution < -0.4 is 10.1 Å². The van der Waals surface area contributed by atoms with E-state index in [9.17, 15) is 0 Å². The van der Waals surface area contributed by atoms with Crippen LogP contribution in [0.2, 0.25) is 10.0 Å². The zero-order valence-electron chi connectivity index (χ0n) is 11.5. The second-order valence-corrected chi connectivity index (χ2v) is 5.20. The largest absolute Gasteiger partial charge is 0.494 e. The molecular formula is C16H17Cl2NO.